The van der Waals surface area contributed by atoms with Gasteiger partial charge in [-0.2, -0.15) is 0 Å². The summed E-state index contributed by atoms with van der Waals surface area (Å²) >= 11 is 18.0. The van der Waals surface area contributed by atoms with E-state index in [2.05, 4.69) is 5.32 Å². The van der Waals surface area contributed by atoms with Crippen molar-refractivity contribution in [3.05, 3.63) is 86.9 Å². The molecule has 0 heterocycles. The van der Waals surface area contributed by atoms with Gasteiger partial charge in [-0.05, 0) is 53.6 Å². The van der Waals surface area contributed by atoms with E-state index < -0.39 is 0 Å². The number of methoxy groups -OCH3 is 1. The van der Waals surface area contributed by atoms with Gasteiger partial charge < -0.3 is 14.8 Å². The maximum Gasteiger partial charge on any atom is 0.161 e. The van der Waals surface area contributed by atoms with Gasteiger partial charge in [0, 0.05) is 16.6 Å². The lowest BCUT2D eigenvalue weighted by molar-refractivity contribution is 0.284. The highest BCUT2D eigenvalue weighted by Gasteiger charge is 2.07. The highest BCUT2D eigenvalue weighted by atomic mass is 35.5. The van der Waals surface area contributed by atoms with Crippen LogP contribution in [0.2, 0.25) is 15.1 Å². The first kappa shape index (κ1) is 19.7. The maximum atomic E-state index is 6.19. The topological polar surface area (TPSA) is 30.5 Å². The molecule has 3 nitrogen and oxygen atoms in total. The molecule has 140 valence electrons. The molecule has 0 amide bonds. The van der Waals surface area contributed by atoms with E-state index in [0.29, 0.717) is 39.7 Å². The maximum absolute atomic E-state index is 6.19. The second-order valence-electron chi connectivity index (χ2n) is 5.88. The number of halogens is 3. The quantitative estimate of drug-likeness (QED) is 0.452. The summed E-state index contributed by atoms with van der Waals surface area (Å²) in [5.74, 6) is 1.35. The molecule has 0 fully saturated rings. The van der Waals surface area contributed by atoms with Crippen LogP contribution in [0.25, 0.3) is 0 Å². The van der Waals surface area contributed by atoms with Gasteiger partial charge in [0.2, 0.25) is 0 Å². The van der Waals surface area contributed by atoms with Gasteiger partial charge in [0.15, 0.2) is 11.5 Å². The zero-order valence-corrected chi connectivity index (χ0v) is 16.9. The molecule has 0 radical (unpaired) electrons. The normalized spacial score (nSPS) is 10.5. The SMILES string of the molecule is COc1cc(CNc2ccc(Cl)cc2Cl)ccc1OCc1ccc(Cl)cc1. The minimum absolute atomic E-state index is 0.436. The summed E-state index contributed by atoms with van der Waals surface area (Å²) in [6.07, 6.45) is 0. The second kappa shape index (κ2) is 9.23. The van der Waals surface area contributed by atoms with Crippen LogP contribution in [0.5, 0.6) is 11.5 Å². The number of rotatable bonds is 7. The first-order valence-corrected chi connectivity index (χ1v) is 9.41. The number of anilines is 1. The molecule has 0 unspecified atom stereocenters. The van der Waals surface area contributed by atoms with E-state index in [4.69, 9.17) is 44.3 Å². The van der Waals surface area contributed by atoms with Gasteiger partial charge in [-0.3, -0.25) is 0 Å². The molecular formula is C21H18Cl3NO2. The lowest BCUT2D eigenvalue weighted by atomic mass is 10.2. The van der Waals surface area contributed by atoms with E-state index in [1.165, 1.54) is 0 Å². The largest absolute Gasteiger partial charge is 0.493 e. The Labute approximate surface area is 173 Å². The molecule has 1 N–H and O–H groups in total. The van der Waals surface area contributed by atoms with Crippen molar-refractivity contribution in [2.45, 2.75) is 13.2 Å². The third-order valence-electron chi connectivity index (χ3n) is 3.95. The fraction of sp³-hybridized carbons (Fsp3) is 0.143. The molecule has 0 bridgehead atoms. The summed E-state index contributed by atoms with van der Waals surface area (Å²) in [5.41, 5.74) is 2.89. The van der Waals surface area contributed by atoms with Crippen LogP contribution in [-0.4, -0.2) is 7.11 Å². The van der Waals surface area contributed by atoms with Crippen LogP contribution < -0.4 is 14.8 Å². The van der Waals surface area contributed by atoms with Crippen LogP contribution in [0.15, 0.2) is 60.7 Å². The van der Waals surface area contributed by atoms with E-state index >= 15 is 0 Å². The van der Waals surface area contributed by atoms with Gasteiger partial charge in [0.05, 0.1) is 17.8 Å². The molecule has 0 aliphatic heterocycles. The first-order valence-electron chi connectivity index (χ1n) is 8.28. The smallest absolute Gasteiger partial charge is 0.161 e. The molecule has 3 rings (SSSR count). The summed E-state index contributed by atoms with van der Waals surface area (Å²) in [7, 11) is 1.62. The van der Waals surface area contributed by atoms with Crippen molar-refractivity contribution in [1.82, 2.24) is 0 Å². The molecule has 0 saturated carbocycles. The highest BCUT2D eigenvalue weighted by molar-refractivity contribution is 6.36. The van der Waals surface area contributed by atoms with Crippen LogP contribution in [0.4, 0.5) is 5.69 Å². The van der Waals surface area contributed by atoms with Crippen LogP contribution in [0, 0.1) is 0 Å². The summed E-state index contributed by atoms with van der Waals surface area (Å²) < 4.78 is 11.3. The van der Waals surface area contributed by atoms with E-state index in [-0.39, 0.29) is 0 Å². The van der Waals surface area contributed by atoms with E-state index in [9.17, 15) is 0 Å². The number of benzene rings is 3. The van der Waals surface area contributed by atoms with E-state index in [1.807, 2.05) is 48.5 Å². The summed E-state index contributed by atoms with van der Waals surface area (Å²) in [4.78, 5) is 0. The molecule has 0 aliphatic rings. The van der Waals surface area contributed by atoms with Crippen LogP contribution in [0.3, 0.4) is 0 Å². The fourth-order valence-corrected chi connectivity index (χ4v) is 3.11. The monoisotopic (exact) mass is 421 g/mol. The number of nitrogens with one attached hydrogen (secondary N) is 1. The second-order valence-corrected chi connectivity index (χ2v) is 7.16. The Hall–Kier alpha value is -2.07. The Morgan fingerprint density at radius 1 is 0.778 bits per heavy atom. The molecule has 0 aromatic heterocycles. The Morgan fingerprint density at radius 2 is 1.48 bits per heavy atom. The minimum atomic E-state index is 0.436. The van der Waals surface area contributed by atoms with Crippen molar-refractivity contribution in [3.8, 4) is 11.5 Å². The molecule has 3 aromatic carbocycles. The number of ether oxygens (including phenoxy) is 2. The van der Waals surface area contributed by atoms with Gasteiger partial charge in [0.25, 0.3) is 0 Å². The van der Waals surface area contributed by atoms with Gasteiger partial charge in [-0.1, -0.05) is 53.0 Å². The summed E-state index contributed by atoms with van der Waals surface area (Å²) in [6.45, 7) is 1.03. The predicted octanol–water partition coefficient (Wildman–Crippen LogP) is 6.85. The summed E-state index contributed by atoms with van der Waals surface area (Å²) in [6, 6.07) is 18.7. The Balaban J connectivity index is 1.65. The van der Waals surface area contributed by atoms with Gasteiger partial charge in [0.1, 0.15) is 6.61 Å². The average Bonchev–Trinajstić information content (AvgIpc) is 2.67. The third-order valence-corrected chi connectivity index (χ3v) is 4.75. The van der Waals surface area contributed by atoms with Crippen molar-refractivity contribution < 1.29 is 9.47 Å². The molecule has 0 atom stereocenters. The zero-order chi connectivity index (χ0) is 19.2. The molecule has 3 aromatic rings. The zero-order valence-electron chi connectivity index (χ0n) is 14.6. The third kappa shape index (κ3) is 5.46. The van der Waals surface area contributed by atoms with E-state index in [0.717, 1.165) is 16.8 Å². The van der Waals surface area contributed by atoms with Crippen LogP contribution >= 0.6 is 34.8 Å². The Bertz CT molecular complexity index is 914. The van der Waals surface area contributed by atoms with E-state index in [1.54, 1.807) is 19.2 Å². The predicted molar refractivity (Wildman–Crippen MR) is 113 cm³/mol. The fourth-order valence-electron chi connectivity index (χ4n) is 2.51. The van der Waals surface area contributed by atoms with Gasteiger partial charge in [-0.15, -0.1) is 0 Å². The molecule has 6 heteroatoms. The standard InChI is InChI=1S/C21H18Cl3NO2/c1-26-21-10-15(12-25-19-8-7-17(23)11-18(19)24)4-9-20(21)27-13-14-2-5-16(22)6-3-14/h2-11,25H,12-13H2,1H3. The number of hydrogen-bond donors (Lipinski definition) is 1. The Kier molecular flexibility index (Phi) is 6.73. The summed E-state index contributed by atoms with van der Waals surface area (Å²) in [5, 5.41) is 5.18. The molecule has 0 spiro atoms. The number of hydrogen-bond acceptors (Lipinski definition) is 3. The lowest BCUT2D eigenvalue weighted by Crippen LogP contribution is -2.02. The molecule has 0 saturated heterocycles. The minimum Gasteiger partial charge on any atom is -0.493 e. The van der Waals surface area contributed by atoms with Gasteiger partial charge in [-0.25, -0.2) is 0 Å². The van der Waals surface area contributed by atoms with Crippen LogP contribution in [0.1, 0.15) is 11.1 Å². The van der Waals surface area contributed by atoms with Crippen molar-refractivity contribution in [1.29, 1.82) is 0 Å². The van der Waals surface area contributed by atoms with Crippen molar-refractivity contribution in [2.75, 3.05) is 12.4 Å². The van der Waals surface area contributed by atoms with Gasteiger partial charge >= 0.3 is 0 Å². The molecular weight excluding hydrogens is 405 g/mol. The van der Waals surface area contributed by atoms with Crippen LogP contribution in [-0.2, 0) is 13.2 Å². The average molecular weight is 423 g/mol. The lowest BCUT2D eigenvalue weighted by Gasteiger charge is -2.14. The van der Waals surface area contributed by atoms with Crippen molar-refractivity contribution in [2.24, 2.45) is 0 Å². The first-order chi connectivity index (χ1) is 13.0. The molecule has 27 heavy (non-hydrogen) atoms. The molecule has 0 aliphatic carbocycles. The highest BCUT2D eigenvalue weighted by Crippen LogP contribution is 2.30. The van der Waals surface area contributed by atoms with Crippen molar-refractivity contribution in [3.63, 3.8) is 0 Å². The van der Waals surface area contributed by atoms with Crippen molar-refractivity contribution >= 4 is 40.5 Å². The Morgan fingerprint density at radius 3 is 2.19 bits per heavy atom.